The summed E-state index contributed by atoms with van der Waals surface area (Å²) in [6.07, 6.45) is 2.61. The smallest absolute Gasteiger partial charge is 0.265 e. The average Bonchev–Trinajstić information content (AvgIpc) is 2.82. The molecule has 19 heavy (non-hydrogen) atoms. The monoisotopic (exact) mass is 279 g/mol. The molecule has 1 aromatic carbocycles. The van der Waals surface area contributed by atoms with Gasteiger partial charge in [0.25, 0.3) is 10.0 Å². The van der Waals surface area contributed by atoms with E-state index in [0.717, 1.165) is 5.56 Å². The van der Waals surface area contributed by atoms with Gasteiger partial charge in [-0.3, -0.25) is 9.82 Å². The minimum absolute atomic E-state index is 0.0436. The molecule has 102 valence electrons. The fraction of sp³-hybridized carbons (Fsp3) is 0.308. The lowest BCUT2D eigenvalue weighted by molar-refractivity contribution is 0.590. The van der Waals surface area contributed by atoms with Gasteiger partial charge in [0, 0.05) is 11.9 Å². The molecule has 1 aromatic heterocycles. The van der Waals surface area contributed by atoms with Crippen LogP contribution in [0.15, 0.2) is 41.6 Å². The highest BCUT2D eigenvalue weighted by Gasteiger charge is 2.16. The third-order valence-electron chi connectivity index (χ3n) is 2.79. The highest BCUT2D eigenvalue weighted by Crippen LogP contribution is 2.24. The summed E-state index contributed by atoms with van der Waals surface area (Å²) in [7, 11) is -3.56. The number of H-pyrrole nitrogens is 1. The third-order valence-corrected chi connectivity index (χ3v) is 4.13. The summed E-state index contributed by atoms with van der Waals surface area (Å²) >= 11 is 0. The Kier molecular flexibility index (Phi) is 3.36. The minimum Gasteiger partial charge on any atom is -0.284 e. The van der Waals surface area contributed by atoms with Crippen LogP contribution in [0.2, 0.25) is 0 Å². The average molecular weight is 279 g/mol. The number of benzene rings is 1. The number of nitrogens with zero attached hydrogens (tertiary/aromatic N) is 1. The number of nitrogens with one attached hydrogen (secondary N) is 2. The van der Waals surface area contributed by atoms with Gasteiger partial charge in [-0.2, -0.15) is 5.10 Å². The number of hydrogen-bond donors (Lipinski definition) is 2. The van der Waals surface area contributed by atoms with Crippen molar-refractivity contribution in [2.45, 2.75) is 31.1 Å². The van der Waals surface area contributed by atoms with E-state index in [0.29, 0.717) is 5.69 Å². The molecule has 2 rings (SSSR count). The van der Waals surface area contributed by atoms with Crippen molar-refractivity contribution in [2.24, 2.45) is 0 Å². The van der Waals surface area contributed by atoms with Crippen LogP contribution < -0.4 is 4.72 Å². The number of anilines is 1. The van der Waals surface area contributed by atoms with E-state index in [9.17, 15) is 8.42 Å². The Morgan fingerprint density at radius 2 is 1.79 bits per heavy atom. The lowest BCUT2D eigenvalue weighted by atomic mass is 9.87. The maximum absolute atomic E-state index is 12.0. The number of aromatic nitrogens is 2. The van der Waals surface area contributed by atoms with Gasteiger partial charge in [0.1, 0.15) is 4.90 Å². The molecular formula is C13H17N3O2S. The van der Waals surface area contributed by atoms with Gasteiger partial charge in [0.15, 0.2) is 0 Å². The molecule has 0 saturated heterocycles. The van der Waals surface area contributed by atoms with E-state index in [-0.39, 0.29) is 10.3 Å². The summed E-state index contributed by atoms with van der Waals surface area (Å²) in [4.78, 5) is 0.118. The minimum atomic E-state index is -3.56. The highest BCUT2D eigenvalue weighted by molar-refractivity contribution is 7.92. The van der Waals surface area contributed by atoms with Crippen molar-refractivity contribution in [3.8, 4) is 0 Å². The Morgan fingerprint density at radius 3 is 2.26 bits per heavy atom. The first kappa shape index (κ1) is 13.6. The van der Waals surface area contributed by atoms with Crippen LogP contribution in [0.3, 0.4) is 0 Å². The molecule has 0 radical (unpaired) electrons. The topological polar surface area (TPSA) is 74.8 Å². The summed E-state index contributed by atoms with van der Waals surface area (Å²) in [6.45, 7) is 6.33. The first-order valence-electron chi connectivity index (χ1n) is 5.91. The molecule has 5 nitrogen and oxygen atoms in total. The summed E-state index contributed by atoms with van der Waals surface area (Å²) in [5, 5.41) is 6.11. The quantitative estimate of drug-likeness (QED) is 0.906. The molecule has 0 aliphatic rings. The molecule has 0 fully saturated rings. The van der Waals surface area contributed by atoms with E-state index >= 15 is 0 Å². The van der Waals surface area contributed by atoms with Crippen molar-refractivity contribution in [1.29, 1.82) is 0 Å². The second-order valence-electron chi connectivity index (χ2n) is 5.37. The first-order chi connectivity index (χ1) is 8.79. The SMILES string of the molecule is CC(C)(C)c1ccc(NS(=O)(=O)c2cn[nH]c2)cc1. The summed E-state index contributed by atoms with van der Waals surface area (Å²) in [5.41, 5.74) is 1.73. The van der Waals surface area contributed by atoms with E-state index in [1.807, 2.05) is 12.1 Å². The van der Waals surface area contributed by atoms with Gasteiger partial charge >= 0.3 is 0 Å². The zero-order valence-corrected chi connectivity index (χ0v) is 12.0. The van der Waals surface area contributed by atoms with Crippen LogP contribution in [0.1, 0.15) is 26.3 Å². The number of rotatable bonds is 3. The summed E-state index contributed by atoms with van der Waals surface area (Å²) in [6, 6.07) is 7.37. The zero-order chi connectivity index (χ0) is 14.1. The highest BCUT2D eigenvalue weighted by atomic mass is 32.2. The van der Waals surface area contributed by atoms with Gasteiger partial charge in [-0.1, -0.05) is 32.9 Å². The van der Waals surface area contributed by atoms with Crippen LogP contribution >= 0.6 is 0 Å². The fourth-order valence-electron chi connectivity index (χ4n) is 1.64. The number of hydrogen-bond acceptors (Lipinski definition) is 3. The van der Waals surface area contributed by atoms with Crippen molar-refractivity contribution < 1.29 is 8.42 Å². The Labute approximate surface area is 113 Å². The van der Waals surface area contributed by atoms with Crippen LogP contribution in [0, 0.1) is 0 Å². The molecule has 0 aliphatic heterocycles. The Balaban J connectivity index is 2.21. The molecule has 2 N–H and O–H groups in total. The standard InChI is InChI=1S/C13H17N3O2S/c1-13(2,3)10-4-6-11(7-5-10)16-19(17,18)12-8-14-15-9-12/h4-9,16H,1-3H3,(H,14,15). The van der Waals surface area contributed by atoms with Crippen LogP contribution in [0.5, 0.6) is 0 Å². The maximum Gasteiger partial charge on any atom is 0.265 e. The van der Waals surface area contributed by atoms with Crippen LogP contribution in [-0.4, -0.2) is 18.6 Å². The molecule has 2 aromatic rings. The largest absolute Gasteiger partial charge is 0.284 e. The molecule has 0 bridgehead atoms. The Hall–Kier alpha value is -1.82. The fourth-order valence-corrected chi connectivity index (χ4v) is 2.60. The normalized spacial score (nSPS) is 12.4. The second-order valence-corrected chi connectivity index (χ2v) is 7.05. The Morgan fingerprint density at radius 1 is 1.16 bits per heavy atom. The van der Waals surface area contributed by atoms with E-state index < -0.39 is 10.0 Å². The lowest BCUT2D eigenvalue weighted by Gasteiger charge is -2.19. The van der Waals surface area contributed by atoms with E-state index in [4.69, 9.17) is 0 Å². The van der Waals surface area contributed by atoms with Crippen molar-refractivity contribution in [2.75, 3.05) is 4.72 Å². The van der Waals surface area contributed by atoms with E-state index in [1.165, 1.54) is 12.4 Å². The van der Waals surface area contributed by atoms with Crippen LogP contribution in [-0.2, 0) is 15.4 Å². The van der Waals surface area contributed by atoms with Gasteiger partial charge in [0.2, 0.25) is 0 Å². The molecule has 0 unspecified atom stereocenters. The van der Waals surface area contributed by atoms with Crippen molar-refractivity contribution in [1.82, 2.24) is 10.2 Å². The summed E-state index contributed by atoms with van der Waals surface area (Å²) < 4.78 is 26.5. The van der Waals surface area contributed by atoms with Gasteiger partial charge in [-0.05, 0) is 23.1 Å². The molecule has 0 aliphatic carbocycles. The molecule has 0 spiro atoms. The zero-order valence-electron chi connectivity index (χ0n) is 11.1. The van der Waals surface area contributed by atoms with Gasteiger partial charge < -0.3 is 0 Å². The predicted octanol–water partition coefficient (Wildman–Crippen LogP) is 2.51. The van der Waals surface area contributed by atoms with Gasteiger partial charge in [0.05, 0.1) is 6.20 Å². The van der Waals surface area contributed by atoms with Crippen LogP contribution in [0.25, 0.3) is 0 Å². The number of aromatic amines is 1. The first-order valence-corrected chi connectivity index (χ1v) is 7.39. The molecular weight excluding hydrogens is 262 g/mol. The van der Waals surface area contributed by atoms with Crippen LogP contribution in [0.4, 0.5) is 5.69 Å². The van der Waals surface area contributed by atoms with Gasteiger partial charge in [-0.15, -0.1) is 0 Å². The molecule has 0 atom stereocenters. The van der Waals surface area contributed by atoms with Crippen molar-refractivity contribution in [3.63, 3.8) is 0 Å². The van der Waals surface area contributed by atoms with Crippen molar-refractivity contribution >= 4 is 15.7 Å². The molecule has 6 heteroatoms. The summed E-state index contributed by atoms with van der Waals surface area (Å²) in [5.74, 6) is 0. The molecule has 0 amide bonds. The maximum atomic E-state index is 12.0. The second kappa shape index (κ2) is 4.70. The van der Waals surface area contributed by atoms with E-state index in [1.54, 1.807) is 12.1 Å². The Bertz CT molecular complexity index is 638. The third kappa shape index (κ3) is 3.14. The lowest BCUT2D eigenvalue weighted by Crippen LogP contribution is -2.13. The number of sulfonamides is 1. The van der Waals surface area contributed by atoms with E-state index in [2.05, 4.69) is 35.7 Å². The van der Waals surface area contributed by atoms with Crippen molar-refractivity contribution in [3.05, 3.63) is 42.2 Å². The molecule has 0 saturated carbocycles. The molecule has 1 heterocycles. The van der Waals surface area contributed by atoms with Gasteiger partial charge in [-0.25, -0.2) is 8.42 Å². The predicted molar refractivity (Wildman–Crippen MR) is 74.5 cm³/mol.